The number of benzene rings is 3. The zero-order valence-corrected chi connectivity index (χ0v) is 20.4. The molecule has 2 aromatic heterocycles. The summed E-state index contributed by atoms with van der Waals surface area (Å²) in [4.78, 5) is 29.5. The van der Waals surface area contributed by atoms with E-state index in [0.717, 1.165) is 0 Å². The fourth-order valence-electron chi connectivity index (χ4n) is 4.74. The Balaban J connectivity index is 1.49. The molecule has 0 spiro atoms. The normalized spacial score (nSPS) is 18.7. The third-order valence-corrected chi connectivity index (χ3v) is 6.82. The summed E-state index contributed by atoms with van der Waals surface area (Å²) in [5, 5.41) is 15.6. The summed E-state index contributed by atoms with van der Waals surface area (Å²) in [5.74, 6) is -0.0698. The highest BCUT2D eigenvalue weighted by atomic mass is 35.5. The van der Waals surface area contributed by atoms with Crippen molar-refractivity contribution in [3.63, 3.8) is 0 Å². The van der Waals surface area contributed by atoms with E-state index in [1.165, 1.54) is 29.4 Å². The van der Waals surface area contributed by atoms with Crippen molar-refractivity contribution in [2.24, 2.45) is 0 Å². The molecular formula is C26H17Cl2FN6O2. The van der Waals surface area contributed by atoms with E-state index >= 15 is 4.39 Å². The van der Waals surface area contributed by atoms with Crippen molar-refractivity contribution in [1.82, 2.24) is 19.9 Å². The monoisotopic (exact) mass is 534 g/mol. The van der Waals surface area contributed by atoms with Gasteiger partial charge in [-0.05, 0) is 29.8 Å². The first-order valence-electron chi connectivity index (χ1n) is 11.2. The van der Waals surface area contributed by atoms with E-state index < -0.39 is 17.6 Å². The number of aromatic nitrogens is 4. The number of nitrogens with zero attached hydrogens (tertiary/aromatic N) is 4. The highest BCUT2D eigenvalue weighted by molar-refractivity contribution is 6.31. The predicted molar refractivity (Wildman–Crippen MR) is 139 cm³/mol. The maximum atomic E-state index is 15.3. The summed E-state index contributed by atoms with van der Waals surface area (Å²) in [6, 6.07) is 15.6. The molecule has 0 radical (unpaired) electrons. The second-order valence-electron chi connectivity index (χ2n) is 8.45. The molecule has 1 aliphatic rings. The van der Waals surface area contributed by atoms with Crippen molar-refractivity contribution in [1.29, 1.82) is 0 Å². The van der Waals surface area contributed by atoms with Crippen molar-refractivity contribution in [3.8, 4) is 0 Å². The molecule has 3 aromatic carbocycles. The van der Waals surface area contributed by atoms with Gasteiger partial charge in [-0.1, -0.05) is 59.6 Å². The predicted octanol–water partition coefficient (Wildman–Crippen LogP) is 5.50. The molecule has 6 rings (SSSR count). The summed E-state index contributed by atoms with van der Waals surface area (Å²) in [6.45, 7) is 0. The molecule has 0 aliphatic carbocycles. The van der Waals surface area contributed by atoms with Crippen LogP contribution in [0.5, 0.6) is 0 Å². The van der Waals surface area contributed by atoms with E-state index in [2.05, 4.69) is 25.3 Å². The molecule has 0 bridgehead atoms. The minimum Gasteiger partial charge on any atom is -0.363 e. The molecule has 3 heterocycles. The van der Waals surface area contributed by atoms with Gasteiger partial charge in [0.1, 0.15) is 12.3 Å². The Morgan fingerprint density at radius 3 is 2.65 bits per heavy atom. The Labute approximate surface area is 219 Å². The summed E-state index contributed by atoms with van der Waals surface area (Å²) in [7, 11) is 0. The van der Waals surface area contributed by atoms with Crippen LogP contribution in [0, 0.1) is 5.82 Å². The van der Waals surface area contributed by atoms with Crippen LogP contribution in [0.15, 0.2) is 73.1 Å². The van der Waals surface area contributed by atoms with E-state index in [9.17, 15) is 9.90 Å². The Kier molecular flexibility index (Phi) is 5.56. The van der Waals surface area contributed by atoms with E-state index in [0.29, 0.717) is 50.9 Å². The number of aromatic amines is 1. The number of hydrogen-bond donors (Lipinski definition) is 3. The zero-order chi connectivity index (χ0) is 25.7. The van der Waals surface area contributed by atoms with Crippen LogP contribution in [-0.2, 0) is 10.5 Å². The van der Waals surface area contributed by atoms with Gasteiger partial charge >= 0.3 is 0 Å². The number of carbonyl (C=O) groups excluding carboxylic acids is 1. The van der Waals surface area contributed by atoms with Crippen molar-refractivity contribution >= 4 is 58.1 Å². The van der Waals surface area contributed by atoms with Crippen LogP contribution >= 0.6 is 23.2 Å². The van der Waals surface area contributed by atoms with Crippen LogP contribution < -0.4 is 10.2 Å². The number of H-pyrrole nitrogens is 1. The summed E-state index contributed by atoms with van der Waals surface area (Å²) in [5.41, 5.74) is 0.706. The minimum absolute atomic E-state index is 0.00440. The summed E-state index contributed by atoms with van der Waals surface area (Å²) in [6.07, 6.45) is 3.59. The van der Waals surface area contributed by atoms with E-state index in [1.54, 1.807) is 48.5 Å². The maximum Gasteiger partial charge on any atom is 0.229 e. The van der Waals surface area contributed by atoms with Gasteiger partial charge in [0.25, 0.3) is 0 Å². The van der Waals surface area contributed by atoms with Crippen molar-refractivity contribution in [2.45, 2.75) is 11.8 Å². The quantitative estimate of drug-likeness (QED) is 0.255. The zero-order valence-electron chi connectivity index (χ0n) is 18.9. The molecule has 8 nitrogen and oxygen atoms in total. The Hall–Kier alpha value is -4.05. The standard InChI is InChI=1S/C26H17Cl2FN6O2/c27-15-11-30-24(31-12-15)34-25-32-19-9-8-14(10-20(19)33-25)26(37)17-5-2-1-4-16(17)22(13-36)35(26)21-7-3-6-18(28)23(21)29/h1-13,22,37H,(H2,30,31,32,33,34). The number of anilines is 3. The lowest BCUT2D eigenvalue weighted by atomic mass is 9.93. The number of nitrogens with one attached hydrogen (secondary N) is 2. The van der Waals surface area contributed by atoms with Crippen LogP contribution in [0.25, 0.3) is 11.0 Å². The smallest absolute Gasteiger partial charge is 0.229 e. The van der Waals surface area contributed by atoms with Crippen LogP contribution in [0.3, 0.4) is 0 Å². The van der Waals surface area contributed by atoms with Crippen molar-refractivity contribution < 1.29 is 14.3 Å². The Bertz CT molecular complexity index is 1660. The van der Waals surface area contributed by atoms with Gasteiger partial charge in [0.2, 0.25) is 11.9 Å². The maximum absolute atomic E-state index is 15.3. The van der Waals surface area contributed by atoms with Crippen LogP contribution in [0.1, 0.15) is 22.7 Å². The van der Waals surface area contributed by atoms with Gasteiger partial charge in [-0.3, -0.25) is 5.32 Å². The summed E-state index contributed by atoms with van der Waals surface area (Å²) < 4.78 is 15.3. The van der Waals surface area contributed by atoms with Gasteiger partial charge in [0.05, 0.1) is 39.2 Å². The molecule has 2 unspecified atom stereocenters. The molecule has 2 atom stereocenters. The molecule has 37 heavy (non-hydrogen) atoms. The lowest BCUT2D eigenvalue weighted by Crippen LogP contribution is -2.44. The number of hydrogen-bond acceptors (Lipinski definition) is 7. The molecule has 0 saturated heterocycles. The highest BCUT2D eigenvalue weighted by Crippen LogP contribution is 2.51. The molecule has 184 valence electrons. The molecule has 5 aromatic rings. The largest absolute Gasteiger partial charge is 0.363 e. The van der Waals surface area contributed by atoms with Gasteiger partial charge in [0.15, 0.2) is 11.5 Å². The molecule has 1 aliphatic heterocycles. The van der Waals surface area contributed by atoms with Gasteiger partial charge in [-0.25, -0.2) is 19.3 Å². The third kappa shape index (κ3) is 3.71. The Morgan fingerprint density at radius 1 is 1.08 bits per heavy atom. The second kappa shape index (κ2) is 8.81. The lowest BCUT2D eigenvalue weighted by molar-refractivity contribution is -0.109. The molecule has 0 fully saturated rings. The Morgan fingerprint density at radius 2 is 1.86 bits per heavy atom. The topological polar surface area (TPSA) is 107 Å². The van der Waals surface area contributed by atoms with Gasteiger partial charge in [0, 0.05) is 11.1 Å². The number of aliphatic hydroxyl groups is 1. The first-order chi connectivity index (χ1) is 17.9. The number of aldehydes is 1. The van der Waals surface area contributed by atoms with Crippen LogP contribution in [0.2, 0.25) is 10.0 Å². The lowest BCUT2D eigenvalue weighted by Gasteiger charge is -2.38. The SMILES string of the molecule is O=CC1c2ccccc2C(O)(c2ccc3nc(Nc4ncc(Cl)cn4)[nH]c3c2)N1c1cccc(Cl)c1F. The third-order valence-electron chi connectivity index (χ3n) is 6.34. The first kappa shape index (κ1) is 23.4. The molecule has 3 N–H and O–H groups in total. The number of halogens is 3. The van der Waals surface area contributed by atoms with Crippen molar-refractivity contribution in [3.05, 3.63) is 106 Å². The van der Waals surface area contributed by atoms with Crippen molar-refractivity contribution in [2.75, 3.05) is 10.2 Å². The van der Waals surface area contributed by atoms with Gasteiger partial charge < -0.3 is 19.8 Å². The average Bonchev–Trinajstić information content (AvgIpc) is 3.43. The number of fused-ring (bicyclic) bond motifs is 2. The molecule has 11 heteroatoms. The van der Waals surface area contributed by atoms with Crippen LogP contribution in [0.4, 0.5) is 22.0 Å². The second-order valence-corrected chi connectivity index (χ2v) is 9.29. The van der Waals surface area contributed by atoms with E-state index in [1.807, 2.05) is 0 Å². The number of carbonyl (C=O) groups is 1. The highest BCUT2D eigenvalue weighted by Gasteiger charge is 2.51. The average molecular weight is 535 g/mol. The molecule has 0 saturated carbocycles. The summed E-state index contributed by atoms with van der Waals surface area (Å²) >= 11 is 11.9. The minimum atomic E-state index is -1.89. The fraction of sp³-hybridized carbons (Fsp3) is 0.0769. The van der Waals surface area contributed by atoms with Gasteiger partial charge in [-0.15, -0.1) is 0 Å². The fourth-order valence-corrected chi connectivity index (χ4v) is 5.01. The van der Waals surface area contributed by atoms with E-state index in [-0.39, 0.29) is 10.7 Å². The van der Waals surface area contributed by atoms with Gasteiger partial charge in [-0.2, -0.15) is 0 Å². The molecule has 0 amide bonds. The molecular weight excluding hydrogens is 518 g/mol. The van der Waals surface area contributed by atoms with Crippen LogP contribution in [-0.4, -0.2) is 31.3 Å². The number of rotatable bonds is 5. The number of imidazole rings is 1. The van der Waals surface area contributed by atoms with E-state index in [4.69, 9.17) is 23.2 Å². The first-order valence-corrected chi connectivity index (χ1v) is 11.9.